The van der Waals surface area contributed by atoms with E-state index in [1.165, 1.54) is 89.8 Å². The van der Waals surface area contributed by atoms with Gasteiger partial charge < -0.3 is 73.3 Å². The van der Waals surface area contributed by atoms with Gasteiger partial charge >= 0.3 is 5.96 Å². The van der Waals surface area contributed by atoms with E-state index in [2.05, 4.69) is 313 Å². The van der Waals surface area contributed by atoms with Gasteiger partial charge in [0, 0.05) is 35.3 Å². The Morgan fingerprint density at radius 2 is 0.797 bits per heavy atom. The fourth-order valence-corrected chi connectivity index (χ4v) is 12.7. The van der Waals surface area contributed by atoms with E-state index in [4.69, 9.17) is 73.9 Å². The number of hydrogen-bond acceptors (Lipinski definition) is 13. The maximum absolute atomic E-state index is 7.24. The van der Waals surface area contributed by atoms with Crippen molar-refractivity contribution in [1.82, 2.24) is 25.9 Å². The summed E-state index contributed by atoms with van der Waals surface area (Å²) in [6.45, 7) is 72.0. The molecule has 2 fully saturated rings. The van der Waals surface area contributed by atoms with Crippen LogP contribution in [-0.4, -0.2) is 90.2 Å². The van der Waals surface area contributed by atoms with Gasteiger partial charge in [0.25, 0.3) is 0 Å². The van der Waals surface area contributed by atoms with Gasteiger partial charge in [-0.25, -0.2) is 34.5 Å². The van der Waals surface area contributed by atoms with Gasteiger partial charge in [0.1, 0.15) is 11.7 Å². The molecule has 11 rings (SSSR count). The molecule has 2 saturated heterocycles. The molecule has 5 heterocycles. The number of hydrogen-bond donors (Lipinski definition) is 16. The molecule has 1 atom stereocenters. The number of nitrogens with one attached hydrogen (secondary N) is 5. The Balaban J connectivity index is 0.000000483. The Bertz CT molecular complexity index is 4590. The zero-order chi connectivity index (χ0) is 97.8. The number of benzene rings is 6. The van der Waals surface area contributed by atoms with Gasteiger partial charge in [0.05, 0.1) is 48.2 Å². The maximum atomic E-state index is 7.24. The average Bonchev–Trinajstić information content (AvgIpc) is 1.46. The third-order valence-electron chi connectivity index (χ3n) is 21.1. The van der Waals surface area contributed by atoms with Crippen LogP contribution >= 0.6 is 0 Å². The standard InChI is InChI=1S/C13H18N2.C12H19N3.3C11H17N3.C11H16N2.C10H16N3.C9H19N.C8H13N3.C8H17N/c1-13(2,3)11-6-4-10(5-7-11)12-14-8-9-15-12;1-12(2,3)10-6-4-9(5-7-10)8-15-11(13)14;2*1-11(2,3)8-4-6-9(7-5-8)14-10(12)13;1-11(2,3)8-5-4-6-9(7-8)14-10(12)13;1-11(2,3)9-6-4-8(5-7-9)10(12)13;1-10(2,3)8-4-6-13(7-5-8)9(11)12;1-9(2,3)8-4-6-10-7-5-8;1-8(2,3)6-4-5-10-7(9)11-6;1-8(2,3)7-5-4-6-9-7/h4-7H,8-9H2,1-3H3,(H,14,15);4-7H,8H2,1-3H3,(H4,13,14,15);3*4-7H,1-3H3,(H4,12,13,14);4-7H,1-3H3,(H3,12,13);4-7H,1-3H3,(H3,11,12);8,10H,4-7H2,1-3H3;4-5H,1-3H3,(H2,9,10,11);7,9H,4-6H2,1-3H3/q;;;;;;+1;;;. The quantitative estimate of drug-likeness (QED) is 0.0400. The van der Waals surface area contributed by atoms with E-state index in [9.17, 15) is 0 Å². The first-order valence-corrected chi connectivity index (χ1v) is 44.7. The third-order valence-corrected chi connectivity index (χ3v) is 21.1. The van der Waals surface area contributed by atoms with Crippen molar-refractivity contribution in [2.45, 2.75) is 289 Å². The van der Waals surface area contributed by atoms with Crippen LogP contribution in [0.2, 0.25) is 0 Å². The number of piperidine rings is 1. The van der Waals surface area contributed by atoms with Crippen molar-refractivity contribution in [3.63, 3.8) is 0 Å². The second kappa shape index (κ2) is 50.5. The Kier molecular flexibility index (Phi) is 44.5. The topological polar surface area (TPSA) is 461 Å². The van der Waals surface area contributed by atoms with Crippen LogP contribution in [0.1, 0.15) is 295 Å². The lowest BCUT2D eigenvalue weighted by Crippen LogP contribution is -2.47. The van der Waals surface area contributed by atoms with Crippen molar-refractivity contribution < 1.29 is 4.57 Å². The van der Waals surface area contributed by atoms with Crippen LogP contribution in [0.4, 0.5) is 23.0 Å². The van der Waals surface area contributed by atoms with Crippen molar-refractivity contribution >= 4 is 64.5 Å². The summed E-state index contributed by atoms with van der Waals surface area (Å²) < 4.78 is 1.58. The fourth-order valence-electron chi connectivity index (χ4n) is 12.7. The summed E-state index contributed by atoms with van der Waals surface area (Å²) in [5.74, 6) is 2.90. The number of pyridine rings is 1. The van der Waals surface area contributed by atoms with Crippen LogP contribution in [0.25, 0.3) is 0 Å². The highest BCUT2D eigenvalue weighted by molar-refractivity contribution is 5.99. The molecule has 8 aromatic rings. The molecule has 24 heteroatoms. The van der Waals surface area contributed by atoms with Crippen LogP contribution in [0.3, 0.4) is 0 Å². The summed E-state index contributed by atoms with van der Waals surface area (Å²) >= 11 is 0. The predicted molar refractivity (Wildman–Crippen MR) is 551 cm³/mol. The van der Waals surface area contributed by atoms with Gasteiger partial charge in [-0.3, -0.25) is 16.1 Å². The lowest BCUT2D eigenvalue weighted by Gasteiger charge is -2.34. The number of guanidine groups is 4. The summed E-state index contributed by atoms with van der Waals surface area (Å²) in [5.41, 5.74) is 76.0. The summed E-state index contributed by atoms with van der Waals surface area (Å²) in [5, 5.41) is 24.6. The van der Waals surface area contributed by atoms with Gasteiger partial charge in [0.15, 0.2) is 23.8 Å². The number of anilines is 1. The van der Waals surface area contributed by atoms with Crippen molar-refractivity contribution in [1.29, 1.82) is 10.8 Å². The average molecular weight is 1760 g/mol. The minimum atomic E-state index is 0.0421. The van der Waals surface area contributed by atoms with Crippen LogP contribution < -0.4 is 83.6 Å². The number of nitrogens with zero attached hydrogens (tertiary/aromatic N) is 8. The van der Waals surface area contributed by atoms with Crippen LogP contribution in [0.15, 0.2) is 207 Å². The molecular formula is C104H169N24+. The van der Waals surface area contributed by atoms with E-state index >= 15 is 0 Å². The Hall–Kier alpha value is -11.2. The highest BCUT2D eigenvalue weighted by Gasteiger charge is 2.28. The van der Waals surface area contributed by atoms with Gasteiger partial charge in [-0.1, -0.05) is 317 Å². The van der Waals surface area contributed by atoms with E-state index in [1.54, 1.807) is 10.8 Å². The number of aromatic nitrogens is 3. The zero-order valence-electron chi connectivity index (χ0n) is 84.0. The molecule has 0 spiro atoms. The Labute approximate surface area is 772 Å². The molecular weight excluding hydrogens is 1590 g/mol. The number of rotatable bonds is 7. The summed E-state index contributed by atoms with van der Waals surface area (Å²) in [6.07, 6.45) is 10.8. The van der Waals surface area contributed by atoms with E-state index < -0.39 is 0 Å². The van der Waals surface area contributed by atoms with Gasteiger partial charge in [0.2, 0.25) is 5.95 Å². The minimum absolute atomic E-state index is 0.0421. The number of nitrogens with two attached hydrogens (primary N) is 11. The molecule has 6 aromatic carbocycles. The summed E-state index contributed by atoms with van der Waals surface area (Å²) in [6, 6.07) is 55.3. The zero-order valence-corrected chi connectivity index (χ0v) is 84.0. The molecule has 27 N–H and O–H groups in total. The minimum Gasteiger partial charge on any atom is -0.384 e. The highest BCUT2D eigenvalue weighted by Crippen LogP contribution is 2.34. The van der Waals surface area contributed by atoms with Crippen molar-refractivity contribution in [3.8, 4) is 0 Å². The molecule has 0 radical (unpaired) electrons. The predicted octanol–water partition coefficient (Wildman–Crippen LogP) is 18.2. The molecule has 0 aliphatic carbocycles. The molecule has 3 aliphatic rings. The lowest BCUT2D eigenvalue weighted by molar-refractivity contribution is -0.558. The number of nitrogen functional groups attached to an aromatic ring is 3. The van der Waals surface area contributed by atoms with Crippen LogP contribution in [0.5, 0.6) is 0 Å². The SMILES string of the molecule is CC(C)(C)C1CCCN1.CC(C)(C)C1CCNCC1.CC(C)(C)c1cc[n+](C(=N)N)cc1.CC(C)(C)c1ccc(C(=N)N)cc1.CC(C)(C)c1ccc(C2=NCCN2)cc1.CC(C)(C)c1ccc(CN=C(N)N)cc1.CC(C)(C)c1ccc(N=C(N)N)cc1.CC(C)(C)c1ccc(N=C(N)N)cc1.CC(C)(C)c1cccc(N=C(N)N)c1.CC(C)(C)c1ccnc(N)n1. The number of amidine groups is 2. The van der Waals surface area contributed by atoms with E-state index in [1.807, 2.05) is 122 Å². The van der Waals surface area contributed by atoms with Crippen molar-refractivity contribution in [3.05, 3.63) is 244 Å². The number of aliphatic imine (C=N–C) groups is 5. The second-order valence-electron chi connectivity index (χ2n) is 43.0. The highest BCUT2D eigenvalue weighted by atomic mass is 15.1. The molecule has 0 amide bonds. The molecule has 0 bridgehead atoms. The molecule has 1 unspecified atom stereocenters. The molecule has 0 saturated carbocycles. The Morgan fingerprint density at radius 1 is 0.406 bits per heavy atom. The molecule has 3 aliphatic heterocycles. The summed E-state index contributed by atoms with van der Waals surface area (Å²) in [4.78, 5) is 28.2. The van der Waals surface area contributed by atoms with Crippen molar-refractivity contribution in [2.75, 3.05) is 38.5 Å². The second-order valence-corrected chi connectivity index (χ2v) is 43.0. The maximum Gasteiger partial charge on any atom is 0.386 e. The Morgan fingerprint density at radius 3 is 1.10 bits per heavy atom. The fraction of sp³-hybridized carbons (Fsp3) is 0.500. The molecule has 128 heavy (non-hydrogen) atoms. The van der Waals surface area contributed by atoms with Gasteiger partial charge in [-0.15, -0.1) is 5.41 Å². The monoisotopic (exact) mass is 1750 g/mol. The van der Waals surface area contributed by atoms with Crippen LogP contribution in [0, 0.1) is 27.6 Å². The smallest absolute Gasteiger partial charge is 0.384 e. The lowest BCUT2D eigenvalue weighted by atomic mass is 9.76. The van der Waals surface area contributed by atoms with Crippen molar-refractivity contribution in [2.24, 2.45) is 99.0 Å². The van der Waals surface area contributed by atoms with Crippen LogP contribution in [-0.2, 0) is 49.9 Å². The first-order valence-electron chi connectivity index (χ1n) is 44.7. The first-order chi connectivity index (χ1) is 58.7. The normalized spacial score (nSPS) is 14.0. The largest absolute Gasteiger partial charge is 0.386 e. The molecule has 2 aromatic heterocycles. The molecule has 24 nitrogen and oxygen atoms in total. The third kappa shape index (κ3) is 46.0. The van der Waals surface area contributed by atoms with Gasteiger partial charge in [-0.05, 0) is 199 Å². The summed E-state index contributed by atoms with van der Waals surface area (Å²) in [7, 11) is 0. The van der Waals surface area contributed by atoms with Gasteiger partial charge in [-0.2, -0.15) is 0 Å². The molecule has 704 valence electrons. The first kappa shape index (κ1) is 113. The van der Waals surface area contributed by atoms with E-state index in [0.29, 0.717) is 23.3 Å². The van der Waals surface area contributed by atoms with E-state index in [-0.39, 0.29) is 79.0 Å². The van der Waals surface area contributed by atoms with E-state index in [0.717, 1.165) is 64.8 Å².